The van der Waals surface area contributed by atoms with Crippen LogP contribution >= 0.6 is 0 Å². The lowest BCUT2D eigenvalue weighted by Gasteiger charge is -2.41. The number of hydrogen-bond acceptors (Lipinski definition) is 4. The molecule has 0 aromatic heterocycles. The molecule has 1 aromatic carbocycles. The Bertz CT molecular complexity index is 723. The Labute approximate surface area is 137 Å². The number of carbonyl (C=O) groups excluding carboxylic acids is 2. The highest BCUT2D eigenvalue weighted by Gasteiger charge is 2.56. The Morgan fingerprint density at radius 2 is 1.83 bits per heavy atom. The largest absolute Gasteiger partial charge is 0.299 e. The molecule has 0 radical (unpaired) electrons. The Balaban J connectivity index is 1.92. The molecule has 0 N–H and O–H groups in total. The number of carbonyl (C=O) groups is 2. The number of ketones is 2. The van der Waals surface area contributed by atoms with Crippen LogP contribution in [0.5, 0.6) is 0 Å². The van der Waals surface area contributed by atoms with Crippen molar-refractivity contribution in [2.75, 3.05) is 5.75 Å². The van der Waals surface area contributed by atoms with E-state index in [0.29, 0.717) is 32.1 Å². The molecule has 5 heteroatoms. The fraction of sp³-hybridized carbons (Fsp3) is 0.556. The van der Waals surface area contributed by atoms with Gasteiger partial charge in [0.05, 0.1) is 10.6 Å². The van der Waals surface area contributed by atoms with Crippen molar-refractivity contribution < 1.29 is 18.0 Å². The van der Waals surface area contributed by atoms with Gasteiger partial charge in [0.15, 0.2) is 9.84 Å². The van der Waals surface area contributed by atoms with E-state index in [1.807, 2.05) is 6.92 Å². The summed E-state index contributed by atoms with van der Waals surface area (Å²) in [6.07, 6.45) is 2.74. The van der Waals surface area contributed by atoms with Crippen molar-refractivity contribution in [1.29, 1.82) is 0 Å². The Hall–Kier alpha value is -1.49. The fourth-order valence-electron chi connectivity index (χ4n) is 4.49. The highest BCUT2D eigenvalue weighted by molar-refractivity contribution is 7.91. The third kappa shape index (κ3) is 2.65. The van der Waals surface area contributed by atoms with Crippen LogP contribution in [0.2, 0.25) is 0 Å². The molecule has 0 bridgehead atoms. The minimum absolute atomic E-state index is 0.00767. The molecule has 23 heavy (non-hydrogen) atoms. The molecule has 2 fully saturated rings. The third-order valence-electron chi connectivity index (χ3n) is 5.80. The van der Waals surface area contributed by atoms with Crippen LogP contribution in [0.15, 0.2) is 35.2 Å². The topological polar surface area (TPSA) is 68.3 Å². The maximum Gasteiger partial charge on any atom is 0.179 e. The number of rotatable bonds is 4. The molecule has 1 aromatic rings. The van der Waals surface area contributed by atoms with Gasteiger partial charge >= 0.3 is 0 Å². The Kier molecular flexibility index (Phi) is 4.17. The third-order valence-corrected chi connectivity index (χ3v) is 7.58. The van der Waals surface area contributed by atoms with E-state index < -0.39 is 21.2 Å². The molecule has 0 amide bonds. The lowest BCUT2D eigenvalue weighted by atomic mass is 9.62. The molecule has 3 atom stereocenters. The highest BCUT2D eigenvalue weighted by atomic mass is 32.2. The molecule has 3 unspecified atom stereocenters. The zero-order chi connectivity index (χ0) is 16.7. The van der Waals surface area contributed by atoms with E-state index in [0.717, 1.165) is 0 Å². The van der Waals surface area contributed by atoms with Gasteiger partial charge in [-0.05, 0) is 37.3 Å². The normalized spacial score (nSPS) is 31.2. The molecule has 0 heterocycles. The summed E-state index contributed by atoms with van der Waals surface area (Å²) in [5.74, 6) is -0.594. The summed E-state index contributed by atoms with van der Waals surface area (Å²) in [5.41, 5.74) is -0.467. The second-order valence-corrected chi connectivity index (χ2v) is 8.78. The molecule has 124 valence electrons. The molecule has 4 nitrogen and oxygen atoms in total. The lowest BCUT2D eigenvalue weighted by molar-refractivity contribution is -0.137. The summed E-state index contributed by atoms with van der Waals surface area (Å²) in [6, 6.07) is 8.27. The quantitative estimate of drug-likeness (QED) is 0.849. The van der Waals surface area contributed by atoms with Crippen molar-refractivity contribution in [3.8, 4) is 0 Å². The highest BCUT2D eigenvalue weighted by Crippen LogP contribution is 2.53. The zero-order valence-electron chi connectivity index (χ0n) is 13.3. The van der Waals surface area contributed by atoms with E-state index in [4.69, 9.17) is 0 Å². The summed E-state index contributed by atoms with van der Waals surface area (Å²) in [6.45, 7) is 1.98. The van der Waals surface area contributed by atoms with Crippen LogP contribution in [-0.2, 0) is 19.4 Å². The smallest absolute Gasteiger partial charge is 0.179 e. The summed E-state index contributed by atoms with van der Waals surface area (Å²) < 4.78 is 25.3. The van der Waals surface area contributed by atoms with Crippen LogP contribution in [0.25, 0.3) is 0 Å². The lowest BCUT2D eigenvalue weighted by Crippen LogP contribution is -2.45. The standard InChI is InChI=1S/C18H22O4S/c1-2-18-11-10-16(19)14(15(18)8-9-17(18)20)12-23(21,22)13-6-4-3-5-7-13/h3-7,14-15H,2,8-12H2,1H3. The number of sulfone groups is 1. The first-order valence-electron chi connectivity index (χ1n) is 8.24. The Morgan fingerprint density at radius 3 is 2.48 bits per heavy atom. The van der Waals surface area contributed by atoms with Gasteiger partial charge in [0.25, 0.3) is 0 Å². The first kappa shape index (κ1) is 16.4. The maximum absolute atomic E-state index is 12.7. The summed E-state index contributed by atoms with van der Waals surface area (Å²) >= 11 is 0. The van der Waals surface area contributed by atoms with E-state index in [-0.39, 0.29) is 28.1 Å². The van der Waals surface area contributed by atoms with E-state index in [2.05, 4.69) is 0 Å². The predicted octanol–water partition coefficient (Wildman–Crippen LogP) is 2.81. The second-order valence-electron chi connectivity index (χ2n) is 6.75. The van der Waals surface area contributed by atoms with Crippen LogP contribution in [-0.4, -0.2) is 25.7 Å². The molecular formula is C18H22O4S. The van der Waals surface area contributed by atoms with Gasteiger partial charge in [-0.15, -0.1) is 0 Å². The van der Waals surface area contributed by atoms with Crippen LogP contribution in [0.4, 0.5) is 0 Å². The van der Waals surface area contributed by atoms with Crippen molar-refractivity contribution in [3.05, 3.63) is 30.3 Å². The molecule has 0 aliphatic heterocycles. The van der Waals surface area contributed by atoms with E-state index in [1.54, 1.807) is 30.3 Å². The molecule has 0 spiro atoms. The maximum atomic E-state index is 12.7. The Morgan fingerprint density at radius 1 is 1.13 bits per heavy atom. The molecule has 0 saturated heterocycles. The zero-order valence-corrected chi connectivity index (χ0v) is 14.1. The number of hydrogen-bond donors (Lipinski definition) is 0. The second kappa shape index (κ2) is 5.86. The van der Waals surface area contributed by atoms with Crippen LogP contribution < -0.4 is 0 Å². The summed E-state index contributed by atoms with van der Waals surface area (Å²) in [4.78, 5) is 25.1. The molecule has 2 saturated carbocycles. The van der Waals surface area contributed by atoms with Crippen LogP contribution in [0.3, 0.4) is 0 Å². The first-order valence-corrected chi connectivity index (χ1v) is 9.90. The first-order chi connectivity index (χ1) is 10.9. The van der Waals surface area contributed by atoms with Gasteiger partial charge in [-0.1, -0.05) is 25.1 Å². The van der Waals surface area contributed by atoms with Gasteiger partial charge in [-0.2, -0.15) is 0 Å². The van der Waals surface area contributed by atoms with Crippen molar-refractivity contribution in [2.45, 2.75) is 43.9 Å². The van der Waals surface area contributed by atoms with Gasteiger partial charge in [-0.3, -0.25) is 9.59 Å². The van der Waals surface area contributed by atoms with Crippen molar-refractivity contribution in [3.63, 3.8) is 0 Å². The summed E-state index contributed by atoms with van der Waals surface area (Å²) in [7, 11) is -3.52. The number of fused-ring (bicyclic) bond motifs is 1. The molecule has 2 aliphatic carbocycles. The monoisotopic (exact) mass is 334 g/mol. The summed E-state index contributed by atoms with van der Waals surface area (Å²) in [5, 5.41) is 0. The van der Waals surface area contributed by atoms with Gasteiger partial charge in [0.2, 0.25) is 0 Å². The van der Waals surface area contributed by atoms with Gasteiger partial charge in [0, 0.05) is 24.2 Å². The minimum atomic E-state index is -3.52. The minimum Gasteiger partial charge on any atom is -0.299 e. The number of Topliss-reactive ketones (excluding diaryl/α,β-unsaturated/α-hetero) is 2. The molecular weight excluding hydrogens is 312 g/mol. The van der Waals surface area contributed by atoms with Gasteiger partial charge in [0.1, 0.15) is 11.6 Å². The van der Waals surface area contributed by atoms with Crippen LogP contribution in [0.1, 0.15) is 39.0 Å². The average molecular weight is 334 g/mol. The van der Waals surface area contributed by atoms with Gasteiger partial charge < -0.3 is 0 Å². The van der Waals surface area contributed by atoms with E-state index in [1.165, 1.54) is 0 Å². The average Bonchev–Trinajstić information content (AvgIpc) is 2.89. The van der Waals surface area contributed by atoms with Crippen molar-refractivity contribution in [2.24, 2.45) is 17.3 Å². The SMILES string of the molecule is CCC12CCC(=O)C(CS(=O)(=O)c3ccccc3)C1CCC2=O. The molecule has 2 aliphatic rings. The van der Waals surface area contributed by atoms with Gasteiger partial charge in [-0.25, -0.2) is 8.42 Å². The van der Waals surface area contributed by atoms with Crippen molar-refractivity contribution in [1.82, 2.24) is 0 Å². The van der Waals surface area contributed by atoms with Crippen LogP contribution in [0, 0.1) is 17.3 Å². The molecule has 3 rings (SSSR count). The number of benzene rings is 1. The fourth-order valence-corrected chi connectivity index (χ4v) is 6.15. The van der Waals surface area contributed by atoms with E-state index >= 15 is 0 Å². The predicted molar refractivity (Wildman–Crippen MR) is 86.7 cm³/mol. The van der Waals surface area contributed by atoms with Crippen molar-refractivity contribution >= 4 is 21.4 Å². The van der Waals surface area contributed by atoms with E-state index in [9.17, 15) is 18.0 Å².